The summed E-state index contributed by atoms with van der Waals surface area (Å²) < 4.78 is 5.05. The SMILES string of the molecule is Cc1ccccc1-n1c(C)c2[n+](c1C)-c1ccccc1C2(C)C1CCCCC1. The van der Waals surface area contributed by atoms with Gasteiger partial charge in [-0.05, 0) is 50.3 Å². The van der Waals surface area contributed by atoms with E-state index in [1.165, 1.54) is 71.8 Å². The number of nitrogens with zero attached hydrogens (tertiary/aromatic N) is 2. The minimum absolute atomic E-state index is 0.0970. The van der Waals surface area contributed by atoms with Crippen molar-refractivity contribution < 1.29 is 4.57 Å². The predicted octanol–water partition coefficient (Wildman–Crippen LogP) is 5.88. The standard InChI is InChI=1S/C26H31N2/c1-18-12-8-10-16-23(18)27-19(2)25-26(4,21-13-6-5-7-14-21)22-15-9-11-17-24(22)28(25)20(27)3/h8-12,15-17,21H,5-7,13-14H2,1-4H3/q+1. The van der Waals surface area contributed by atoms with E-state index >= 15 is 0 Å². The highest BCUT2D eigenvalue weighted by Crippen LogP contribution is 2.50. The third-order valence-electron chi connectivity index (χ3n) is 7.52. The summed E-state index contributed by atoms with van der Waals surface area (Å²) in [6.07, 6.45) is 6.84. The van der Waals surface area contributed by atoms with E-state index in [0.29, 0.717) is 0 Å². The molecule has 5 rings (SSSR count). The van der Waals surface area contributed by atoms with E-state index in [1.54, 1.807) is 0 Å². The zero-order valence-electron chi connectivity index (χ0n) is 17.6. The van der Waals surface area contributed by atoms with Crippen LogP contribution in [0.4, 0.5) is 0 Å². The van der Waals surface area contributed by atoms with Crippen LogP contribution in [0, 0.1) is 26.7 Å². The average Bonchev–Trinajstić information content (AvgIpc) is 3.15. The van der Waals surface area contributed by atoms with Gasteiger partial charge in [-0.25, -0.2) is 0 Å². The number of hydrogen-bond donors (Lipinski definition) is 0. The van der Waals surface area contributed by atoms with Crippen molar-refractivity contribution in [1.82, 2.24) is 4.57 Å². The molecule has 1 aliphatic carbocycles. The van der Waals surface area contributed by atoms with E-state index in [0.717, 1.165) is 5.92 Å². The van der Waals surface area contributed by atoms with Crippen LogP contribution in [0.25, 0.3) is 11.4 Å². The first-order valence-electron chi connectivity index (χ1n) is 10.9. The number of benzene rings is 2. The molecule has 144 valence electrons. The monoisotopic (exact) mass is 371 g/mol. The Hall–Kier alpha value is -2.35. The number of aromatic nitrogens is 2. The van der Waals surface area contributed by atoms with Gasteiger partial charge in [0, 0.05) is 19.4 Å². The highest BCUT2D eigenvalue weighted by molar-refractivity contribution is 5.53. The number of hydrogen-bond acceptors (Lipinski definition) is 0. The normalized spacial score (nSPS) is 21.6. The fourth-order valence-corrected chi connectivity index (χ4v) is 6.17. The number of rotatable bonds is 2. The first kappa shape index (κ1) is 17.7. The van der Waals surface area contributed by atoms with Crippen LogP contribution in [0.1, 0.15) is 67.4 Å². The molecule has 0 N–H and O–H groups in total. The van der Waals surface area contributed by atoms with Crippen molar-refractivity contribution in [2.45, 2.75) is 65.2 Å². The first-order valence-corrected chi connectivity index (χ1v) is 10.9. The second-order valence-corrected chi connectivity index (χ2v) is 8.99. The second kappa shape index (κ2) is 6.34. The Labute approximate surface area is 168 Å². The summed E-state index contributed by atoms with van der Waals surface area (Å²) in [5, 5.41) is 0. The molecule has 0 spiro atoms. The zero-order chi connectivity index (χ0) is 19.5. The topological polar surface area (TPSA) is 8.81 Å². The van der Waals surface area contributed by atoms with Gasteiger partial charge >= 0.3 is 0 Å². The lowest BCUT2D eigenvalue weighted by Gasteiger charge is -2.36. The van der Waals surface area contributed by atoms with Gasteiger partial charge in [0.1, 0.15) is 17.1 Å². The summed E-state index contributed by atoms with van der Waals surface area (Å²) in [7, 11) is 0. The smallest absolute Gasteiger partial charge is 0.197 e. The molecule has 0 saturated heterocycles. The van der Waals surface area contributed by atoms with Crippen molar-refractivity contribution in [2.24, 2.45) is 5.92 Å². The van der Waals surface area contributed by atoms with Crippen LogP contribution in [0.2, 0.25) is 0 Å². The van der Waals surface area contributed by atoms with Gasteiger partial charge in [0.15, 0.2) is 5.69 Å². The lowest BCUT2D eigenvalue weighted by Crippen LogP contribution is -2.39. The molecule has 3 aromatic rings. The highest BCUT2D eigenvalue weighted by Gasteiger charge is 2.53. The lowest BCUT2D eigenvalue weighted by molar-refractivity contribution is -0.606. The molecule has 2 aromatic carbocycles. The molecule has 0 amide bonds. The maximum absolute atomic E-state index is 2.56. The van der Waals surface area contributed by atoms with Crippen molar-refractivity contribution in [2.75, 3.05) is 0 Å². The summed E-state index contributed by atoms with van der Waals surface area (Å²) in [6.45, 7) is 9.36. The Balaban J connectivity index is 1.81. The van der Waals surface area contributed by atoms with Gasteiger partial charge in [-0.3, -0.25) is 0 Å². The Bertz CT molecular complexity index is 1050. The fourth-order valence-electron chi connectivity index (χ4n) is 6.17. The second-order valence-electron chi connectivity index (χ2n) is 8.99. The van der Waals surface area contributed by atoms with Crippen LogP contribution in [0.3, 0.4) is 0 Å². The van der Waals surface area contributed by atoms with Crippen molar-refractivity contribution in [3.8, 4) is 11.4 Å². The van der Waals surface area contributed by atoms with E-state index in [4.69, 9.17) is 0 Å². The quantitative estimate of drug-likeness (QED) is 0.498. The van der Waals surface area contributed by atoms with Gasteiger partial charge in [0.05, 0.1) is 5.41 Å². The summed E-state index contributed by atoms with van der Waals surface area (Å²) in [4.78, 5) is 0. The number of aryl methyl sites for hydroxylation is 1. The Morgan fingerprint density at radius 1 is 0.893 bits per heavy atom. The number of imidazole rings is 1. The molecule has 1 atom stereocenters. The van der Waals surface area contributed by atoms with Crippen molar-refractivity contribution in [3.63, 3.8) is 0 Å². The maximum Gasteiger partial charge on any atom is 0.264 e. The molecular formula is C26H31N2+. The van der Waals surface area contributed by atoms with E-state index in [1.807, 2.05) is 0 Å². The molecule has 0 radical (unpaired) electrons. The fraction of sp³-hybridized carbons (Fsp3) is 0.423. The number of fused-ring (bicyclic) bond motifs is 3. The molecule has 2 heteroatoms. The van der Waals surface area contributed by atoms with Gasteiger partial charge in [-0.1, -0.05) is 55.7 Å². The zero-order valence-corrected chi connectivity index (χ0v) is 17.6. The van der Waals surface area contributed by atoms with Gasteiger partial charge in [-0.2, -0.15) is 9.13 Å². The molecule has 28 heavy (non-hydrogen) atoms. The minimum Gasteiger partial charge on any atom is -0.197 e. The highest BCUT2D eigenvalue weighted by atomic mass is 15.2. The maximum atomic E-state index is 2.56. The predicted molar refractivity (Wildman–Crippen MR) is 115 cm³/mol. The molecule has 2 aliphatic rings. The van der Waals surface area contributed by atoms with Crippen LogP contribution < -0.4 is 4.57 Å². The van der Waals surface area contributed by atoms with E-state index < -0.39 is 0 Å². The molecule has 1 saturated carbocycles. The molecule has 0 bridgehead atoms. The van der Waals surface area contributed by atoms with E-state index in [-0.39, 0.29) is 5.41 Å². The van der Waals surface area contributed by atoms with Crippen LogP contribution in [-0.2, 0) is 5.41 Å². The molecule has 2 heterocycles. The lowest BCUT2D eigenvalue weighted by atomic mass is 9.65. The molecule has 1 aromatic heterocycles. The largest absolute Gasteiger partial charge is 0.264 e. The van der Waals surface area contributed by atoms with Crippen LogP contribution >= 0.6 is 0 Å². The molecule has 2 nitrogen and oxygen atoms in total. The Morgan fingerprint density at radius 3 is 2.32 bits per heavy atom. The molecule has 1 aliphatic heterocycles. The Kier molecular flexibility index (Phi) is 4.01. The Morgan fingerprint density at radius 2 is 1.57 bits per heavy atom. The van der Waals surface area contributed by atoms with Crippen molar-refractivity contribution in [3.05, 3.63) is 76.9 Å². The van der Waals surface area contributed by atoms with E-state index in [2.05, 4.69) is 85.4 Å². The molecule has 1 unspecified atom stereocenters. The van der Waals surface area contributed by atoms with Gasteiger partial charge < -0.3 is 0 Å². The van der Waals surface area contributed by atoms with Crippen LogP contribution in [0.5, 0.6) is 0 Å². The van der Waals surface area contributed by atoms with E-state index in [9.17, 15) is 0 Å². The first-order chi connectivity index (χ1) is 13.5. The average molecular weight is 372 g/mol. The van der Waals surface area contributed by atoms with Crippen molar-refractivity contribution >= 4 is 0 Å². The summed E-state index contributed by atoms with van der Waals surface area (Å²) in [5.74, 6) is 2.04. The van der Waals surface area contributed by atoms with Gasteiger partial charge in [0.25, 0.3) is 5.82 Å². The third-order valence-corrected chi connectivity index (χ3v) is 7.52. The van der Waals surface area contributed by atoms with Gasteiger partial charge in [0.2, 0.25) is 0 Å². The minimum atomic E-state index is 0.0970. The third kappa shape index (κ3) is 2.24. The molecular weight excluding hydrogens is 340 g/mol. The molecule has 1 fully saturated rings. The number of para-hydroxylation sites is 2. The summed E-state index contributed by atoms with van der Waals surface area (Å²) >= 11 is 0. The van der Waals surface area contributed by atoms with Crippen molar-refractivity contribution in [1.29, 1.82) is 0 Å². The van der Waals surface area contributed by atoms with Crippen LogP contribution in [-0.4, -0.2) is 4.57 Å². The summed E-state index contributed by atoms with van der Waals surface area (Å²) in [5.41, 5.74) is 8.56. The van der Waals surface area contributed by atoms with Crippen LogP contribution in [0.15, 0.2) is 48.5 Å². The van der Waals surface area contributed by atoms with Gasteiger partial charge in [-0.15, -0.1) is 0 Å². The summed E-state index contributed by atoms with van der Waals surface area (Å²) in [6, 6.07) is 17.9.